The fourth-order valence-corrected chi connectivity index (χ4v) is 4.09. The Kier molecular flexibility index (Phi) is 7.46. The molecule has 1 aliphatic rings. The maximum Gasteiger partial charge on any atom is 0.222 e. The molecule has 0 N–H and O–H groups in total. The Hall–Kier alpha value is -3.41. The van der Waals surface area contributed by atoms with Gasteiger partial charge in [-0.05, 0) is 29.5 Å². The molecule has 1 amide bonds. The van der Waals surface area contributed by atoms with Gasteiger partial charge in [-0.25, -0.2) is 9.97 Å². The molecule has 1 fully saturated rings. The minimum atomic E-state index is 0.132. The fraction of sp³-hybridized carbons (Fsp3) is 0.393. The van der Waals surface area contributed by atoms with Crippen LogP contribution in [0.25, 0.3) is 11.3 Å². The average molecular weight is 459 g/mol. The quantitative estimate of drug-likeness (QED) is 0.469. The van der Waals surface area contributed by atoms with E-state index in [9.17, 15) is 4.79 Å². The lowest BCUT2D eigenvalue weighted by atomic mass is 9.87. The van der Waals surface area contributed by atoms with Crippen LogP contribution < -0.4 is 9.64 Å². The smallest absolute Gasteiger partial charge is 0.222 e. The van der Waals surface area contributed by atoms with E-state index in [4.69, 9.17) is 4.74 Å². The maximum absolute atomic E-state index is 12.7. The zero-order chi connectivity index (χ0) is 24.0. The van der Waals surface area contributed by atoms with Crippen LogP contribution in [0, 0.1) is 0 Å². The van der Waals surface area contributed by atoms with E-state index in [0.29, 0.717) is 32.5 Å². The van der Waals surface area contributed by atoms with Crippen molar-refractivity contribution in [1.29, 1.82) is 0 Å². The summed E-state index contributed by atoms with van der Waals surface area (Å²) in [6, 6.07) is 20.4. The molecule has 34 heavy (non-hydrogen) atoms. The Balaban J connectivity index is 1.21. The Labute approximate surface area is 202 Å². The van der Waals surface area contributed by atoms with Gasteiger partial charge in [0.1, 0.15) is 17.9 Å². The molecule has 0 spiro atoms. The monoisotopic (exact) mass is 458 g/mol. The highest BCUT2D eigenvalue weighted by atomic mass is 16.5. The first-order valence-corrected chi connectivity index (χ1v) is 12.0. The summed E-state index contributed by atoms with van der Waals surface area (Å²) in [5.41, 5.74) is 3.41. The number of nitrogens with zero attached hydrogens (tertiary/aromatic N) is 4. The van der Waals surface area contributed by atoms with Crippen molar-refractivity contribution >= 4 is 11.7 Å². The van der Waals surface area contributed by atoms with Crippen molar-refractivity contribution in [3.8, 4) is 17.0 Å². The van der Waals surface area contributed by atoms with Crippen molar-refractivity contribution < 1.29 is 9.53 Å². The molecule has 0 bridgehead atoms. The molecule has 6 nitrogen and oxygen atoms in total. The Morgan fingerprint density at radius 1 is 0.941 bits per heavy atom. The lowest BCUT2D eigenvalue weighted by Gasteiger charge is -2.35. The molecule has 0 radical (unpaired) electrons. The second-order valence-electron chi connectivity index (χ2n) is 9.72. The van der Waals surface area contributed by atoms with Crippen molar-refractivity contribution in [2.45, 2.75) is 39.0 Å². The first kappa shape index (κ1) is 23.7. The van der Waals surface area contributed by atoms with E-state index < -0.39 is 0 Å². The van der Waals surface area contributed by atoms with Gasteiger partial charge in [0, 0.05) is 44.2 Å². The minimum Gasteiger partial charge on any atom is -0.494 e. The molecule has 178 valence electrons. The molecule has 3 aromatic rings. The van der Waals surface area contributed by atoms with Crippen LogP contribution in [0.4, 0.5) is 5.82 Å². The zero-order valence-electron chi connectivity index (χ0n) is 20.4. The lowest BCUT2D eigenvalue weighted by Crippen LogP contribution is -2.49. The molecular weight excluding hydrogens is 424 g/mol. The van der Waals surface area contributed by atoms with Gasteiger partial charge in [-0.2, -0.15) is 0 Å². The molecule has 0 saturated carbocycles. The number of carbonyl (C=O) groups excluding carboxylic acids is 1. The normalized spacial score (nSPS) is 14.2. The summed E-state index contributed by atoms with van der Waals surface area (Å²) in [6.07, 6.45) is 2.84. The highest BCUT2D eigenvalue weighted by Gasteiger charge is 2.22. The van der Waals surface area contributed by atoms with Crippen LogP contribution in [0.2, 0.25) is 0 Å². The number of benzene rings is 2. The van der Waals surface area contributed by atoms with E-state index in [1.807, 2.05) is 53.4 Å². The predicted molar refractivity (Wildman–Crippen MR) is 136 cm³/mol. The van der Waals surface area contributed by atoms with Gasteiger partial charge in [0.15, 0.2) is 0 Å². The third-order valence-electron chi connectivity index (χ3n) is 6.20. The topological polar surface area (TPSA) is 58.6 Å². The second kappa shape index (κ2) is 10.7. The van der Waals surface area contributed by atoms with Crippen LogP contribution in [-0.2, 0) is 10.2 Å². The van der Waals surface area contributed by atoms with Gasteiger partial charge in [0.2, 0.25) is 5.91 Å². The number of anilines is 1. The number of amides is 1. The van der Waals surface area contributed by atoms with Crippen LogP contribution in [0.3, 0.4) is 0 Å². The molecule has 1 aromatic heterocycles. The van der Waals surface area contributed by atoms with E-state index in [-0.39, 0.29) is 11.3 Å². The van der Waals surface area contributed by atoms with Crippen LogP contribution in [-0.4, -0.2) is 53.6 Å². The molecule has 1 saturated heterocycles. The van der Waals surface area contributed by atoms with Crippen LogP contribution in [0.1, 0.15) is 39.2 Å². The van der Waals surface area contributed by atoms with Gasteiger partial charge < -0.3 is 14.5 Å². The second-order valence-corrected chi connectivity index (χ2v) is 9.72. The van der Waals surface area contributed by atoms with Gasteiger partial charge in [-0.15, -0.1) is 0 Å². The largest absolute Gasteiger partial charge is 0.494 e. The number of hydrogen-bond acceptors (Lipinski definition) is 5. The average Bonchev–Trinajstić information content (AvgIpc) is 2.87. The van der Waals surface area contributed by atoms with Crippen molar-refractivity contribution in [2.24, 2.45) is 0 Å². The SMILES string of the molecule is CC(C)(C)c1ccc(OCCCC(=O)N2CCN(c3cc(-c4ccccc4)ncn3)CC2)cc1. The lowest BCUT2D eigenvalue weighted by molar-refractivity contribution is -0.131. The summed E-state index contributed by atoms with van der Waals surface area (Å²) < 4.78 is 5.84. The van der Waals surface area contributed by atoms with E-state index >= 15 is 0 Å². The molecule has 0 atom stereocenters. The highest BCUT2D eigenvalue weighted by molar-refractivity contribution is 5.76. The number of piperazine rings is 1. The maximum atomic E-state index is 12.7. The third kappa shape index (κ3) is 6.13. The van der Waals surface area contributed by atoms with Crippen molar-refractivity contribution in [3.05, 3.63) is 72.6 Å². The summed E-state index contributed by atoms with van der Waals surface area (Å²) in [5.74, 6) is 1.96. The summed E-state index contributed by atoms with van der Waals surface area (Å²) in [7, 11) is 0. The molecule has 6 heteroatoms. The summed E-state index contributed by atoms with van der Waals surface area (Å²) in [6.45, 7) is 10.1. The van der Waals surface area contributed by atoms with Crippen LogP contribution >= 0.6 is 0 Å². The first-order chi connectivity index (χ1) is 16.4. The van der Waals surface area contributed by atoms with Crippen LogP contribution in [0.5, 0.6) is 5.75 Å². The summed E-state index contributed by atoms with van der Waals surface area (Å²) in [4.78, 5) is 25.7. The predicted octanol–water partition coefficient (Wildman–Crippen LogP) is 4.95. The van der Waals surface area contributed by atoms with Crippen LogP contribution in [0.15, 0.2) is 67.0 Å². The number of aromatic nitrogens is 2. The van der Waals surface area contributed by atoms with Crippen molar-refractivity contribution in [2.75, 3.05) is 37.7 Å². The number of ether oxygens (including phenoxy) is 1. The highest BCUT2D eigenvalue weighted by Crippen LogP contribution is 2.24. The van der Waals surface area contributed by atoms with E-state index in [2.05, 4.69) is 47.8 Å². The van der Waals surface area contributed by atoms with E-state index in [1.54, 1.807) is 6.33 Å². The standard InChI is InChI=1S/C28H34N4O2/c1-28(2,3)23-11-13-24(14-12-23)34-19-7-10-27(33)32-17-15-31(16-18-32)26-20-25(29-21-30-26)22-8-5-4-6-9-22/h4-6,8-9,11-14,20-21H,7,10,15-19H2,1-3H3. The Bertz CT molecular complexity index is 1070. The molecule has 0 unspecified atom stereocenters. The summed E-state index contributed by atoms with van der Waals surface area (Å²) >= 11 is 0. The van der Waals surface area contributed by atoms with E-state index in [1.165, 1.54) is 5.56 Å². The van der Waals surface area contributed by atoms with Crippen molar-refractivity contribution in [1.82, 2.24) is 14.9 Å². The number of hydrogen-bond donors (Lipinski definition) is 0. The summed E-state index contributed by atoms with van der Waals surface area (Å²) in [5, 5.41) is 0. The van der Waals surface area contributed by atoms with E-state index in [0.717, 1.165) is 35.9 Å². The fourth-order valence-electron chi connectivity index (χ4n) is 4.09. The molecule has 1 aliphatic heterocycles. The van der Waals surface area contributed by atoms with Crippen molar-refractivity contribution in [3.63, 3.8) is 0 Å². The Morgan fingerprint density at radius 3 is 2.32 bits per heavy atom. The Morgan fingerprint density at radius 2 is 1.65 bits per heavy atom. The molecule has 2 aromatic carbocycles. The molecule has 0 aliphatic carbocycles. The number of carbonyl (C=O) groups is 1. The van der Waals surface area contributed by atoms with Gasteiger partial charge in [0.25, 0.3) is 0 Å². The molecule has 2 heterocycles. The number of rotatable bonds is 7. The third-order valence-corrected chi connectivity index (χ3v) is 6.20. The first-order valence-electron chi connectivity index (χ1n) is 12.0. The zero-order valence-corrected chi connectivity index (χ0v) is 20.4. The van der Waals surface area contributed by atoms with Gasteiger partial charge in [-0.3, -0.25) is 4.79 Å². The van der Waals surface area contributed by atoms with Gasteiger partial charge >= 0.3 is 0 Å². The van der Waals surface area contributed by atoms with Gasteiger partial charge in [0.05, 0.1) is 12.3 Å². The minimum absolute atomic E-state index is 0.132. The molecular formula is C28H34N4O2. The van der Waals surface area contributed by atoms with Gasteiger partial charge in [-0.1, -0.05) is 63.2 Å². The molecule has 4 rings (SSSR count).